The number of rotatable bonds is 2. The minimum Gasteiger partial charge on any atom is -0.294 e. The average molecular weight is 322 g/mol. The van der Waals surface area contributed by atoms with Crippen molar-refractivity contribution in [2.45, 2.75) is 13.5 Å². The third kappa shape index (κ3) is 2.71. The van der Waals surface area contributed by atoms with Crippen molar-refractivity contribution < 1.29 is 4.39 Å². The predicted molar refractivity (Wildman–Crippen MR) is 71.2 cm³/mol. The Balaban J connectivity index is 2.48. The molecule has 1 aromatic heterocycles. The van der Waals surface area contributed by atoms with Crippen LogP contribution in [0.25, 0.3) is 0 Å². The highest BCUT2D eigenvalue weighted by atomic mass is 79.9. The van der Waals surface area contributed by atoms with E-state index in [1.54, 1.807) is 6.92 Å². The Bertz CT molecular complexity index is 734. The van der Waals surface area contributed by atoms with Gasteiger partial charge in [0, 0.05) is 0 Å². The zero-order chi connectivity index (χ0) is 14.0. The van der Waals surface area contributed by atoms with E-state index in [0.29, 0.717) is 21.3 Å². The van der Waals surface area contributed by atoms with Crippen molar-refractivity contribution in [2.75, 3.05) is 0 Å². The van der Waals surface area contributed by atoms with Crippen LogP contribution in [0.15, 0.2) is 33.8 Å². The molecule has 1 heterocycles. The predicted octanol–water partition coefficient (Wildman–Crippen LogP) is 2.37. The standard InChI is InChI=1S/C13H9BrFN3O/c1-8-12(14)13(19)18(7-17-8)6-10-4-11(15)3-2-9(10)5-16/h2-4,7H,6H2,1H3. The Morgan fingerprint density at radius 2 is 2.26 bits per heavy atom. The lowest BCUT2D eigenvalue weighted by atomic mass is 10.1. The van der Waals surface area contributed by atoms with Crippen LogP contribution in [0.3, 0.4) is 0 Å². The van der Waals surface area contributed by atoms with Gasteiger partial charge in [-0.2, -0.15) is 5.26 Å². The summed E-state index contributed by atoms with van der Waals surface area (Å²) in [6, 6.07) is 5.83. The van der Waals surface area contributed by atoms with Crippen LogP contribution >= 0.6 is 15.9 Å². The van der Waals surface area contributed by atoms with E-state index in [1.165, 1.54) is 29.1 Å². The van der Waals surface area contributed by atoms with Gasteiger partial charge in [0.2, 0.25) is 0 Å². The number of aryl methyl sites for hydroxylation is 1. The van der Waals surface area contributed by atoms with E-state index in [9.17, 15) is 9.18 Å². The molecule has 96 valence electrons. The molecule has 0 aliphatic heterocycles. The van der Waals surface area contributed by atoms with Crippen molar-refractivity contribution in [1.82, 2.24) is 9.55 Å². The van der Waals surface area contributed by atoms with Gasteiger partial charge in [0.05, 0.1) is 30.2 Å². The Kier molecular flexibility index (Phi) is 3.76. The minimum absolute atomic E-state index is 0.103. The largest absolute Gasteiger partial charge is 0.294 e. The van der Waals surface area contributed by atoms with E-state index >= 15 is 0 Å². The first-order chi connectivity index (χ1) is 9.02. The Labute approximate surface area is 117 Å². The molecular weight excluding hydrogens is 313 g/mol. The van der Waals surface area contributed by atoms with Gasteiger partial charge in [0.25, 0.3) is 5.56 Å². The smallest absolute Gasteiger partial charge is 0.268 e. The third-order valence-electron chi connectivity index (χ3n) is 2.69. The van der Waals surface area contributed by atoms with Gasteiger partial charge in [-0.05, 0) is 46.6 Å². The van der Waals surface area contributed by atoms with Crippen LogP contribution in [0, 0.1) is 24.1 Å². The highest BCUT2D eigenvalue weighted by molar-refractivity contribution is 9.10. The molecule has 0 saturated heterocycles. The molecule has 0 aliphatic rings. The maximum Gasteiger partial charge on any atom is 0.268 e. The Morgan fingerprint density at radius 1 is 1.53 bits per heavy atom. The van der Waals surface area contributed by atoms with E-state index in [2.05, 4.69) is 20.9 Å². The molecule has 4 nitrogen and oxygen atoms in total. The van der Waals surface area contributed by atoms with Gasteiger partial charge in [0.1, 0.15) is 10.3 Å². The molecule has 19 heavy (non-hydrogen) atoms. The summed E-state index contributed by atoms with van der Waals surface area (Å²) in [5.74, 6) is -0.443. The number of aromatic nitrogens is 2. The topological polar surface area (TPSA) is 58.7 Å². The zero-order valence-electron chi connectivity index (χ0n) is 10.0. The molecule has 0 radical (unpaired) electrons. The van der Waals surface area contributed by atoms with E-state index < -0.39 is 5.82 Å². The molecule has 0 atom stereocenters. The fourth-order valence-electron chi connectivity index (χ4n) is 1.64. The molecule has 1 aromatic carbocycles. The van der Waals surface area contributed by atoms with Crippen LogP contribution in [0.5, 0.6) is 0 Å². The highest BCUT2D eigenvalue weighted by Gasteiger charge is 2.09. The number of hydrogen-bond donors (Lipinski definition) is 0. The SMILES string of the molecule is Cc1ncn(Cc2cc(F)ccc2C#N)c(=O)c1Br. The quantitative estimate of drug-likeness (QED) is 0.853. The number of halogens is 2. The summed E-state index contributed by atoms with van der Waals surface area (Å²) >= 11 is 3.16. The maximum atomic E-state index is 13.2. The van der Waals surface area contributed by atoms with Crippen molar-refractivity contribution in [3.63, 3.8) is 0 Å². The van der Waals surface area contributed by atoms with Crippen LogP contribution in [0.2, 0.25) is 0 Å². The molecule has 0 unspecified atom stereocenters. The van der Waals surface area contributed by atoms with Crippen LogP contribution in [-0.4, -0.2) is 9.55 Å². The summed E-state index contributed by atoms with van der Waals surface area (Å²) in [4.78, 5) is 16.0. The molecule has 0 aliphatic carbocycles. The van der Waals surface area contributed by atoms with Crippen LogP contribution in [-0.2, 0) is 6.54 Å². The second kappa shape index (κ2) is 5.33. The lowest BCUT2D eigenvalue weighted by Crippen LogP contribution is -2.23. The van der Waals surface area contributed by atoms with Gasteiger partial charge in [-0.1, -0.05) is 0 Å². The van der Waals surface area contributed by atoms with Crippen LogP contribution in [0.4, 0.5) is 4.39 Å². The van der Waals surface area contributed by atoms with Gasteiger partial charge < -0.3 is 0 Å². The van der Waals surface area contributed by atoms with Crippen LogP contribution < -0.4 is 5.56 Å². The second-order valence-electron chi connectivity index (χ2n) is 3.99. The summed E-state index contributed by atoms with van der Waals surface area (Å²) in [5, 5.41) is 8.97. The molecular formula is C13H9BrFN3O. The lowest BCUT2D eigenvalue weighted by Gasteiger charge is -2.08. The van der Waals surface area contributed by atoms with Gasteiger partial charge in [-0.15, -0.1) is 0 Å². The number of benzene rings is 1. The fraction of sp³-hybridized carbons (Fsp3) is 0.154. The molecule has 0 saturated carbocycles. The van der Waals surface area contributed by atoms with E-state index in [0.717, 1.165) is 0 Å². The summed E-state index contributed by atoms with van der Waals surface area (Å²) < 4.78 is 14.9. The van der Waals surface area contributed by atoms with E-state index in [-0.39, 0.29) is 12.1 Å². The van der Waals surface area contributed by atoms with Crippen molar-refractivity contribution in [1.29, 1.82) is 5.26 Å². The van der Waals surface area contributed by atoms with Gasteiger partial charge in [-0.25, -0.2) is 9.37 Å². The monoisotopic (exact) mass is 321 g/mol. The second-order valence-corrected chi connectivity index (χ2v) is 4.78. The molecule has 2 rings (SSSR count). The van der Waals surface area contributed by atoms with Crippen molar-refractivity contribution in [3.8, 4) is 6.07 Å². The number of hydrogen-bond acceptors (Lipinski definition) is 3. The molecule has 6 heteroatoms. The molecule has 0 spiro atoms. The average Bonchev–Trinajstić information content (AvgIpc) is 2.40. The van der Waals surface area contributed by atoms with Crippen molar-refractivity contribution in [3.05, 3.63) is 62.0 Å². The summed E-state index contributed by atoms with van der Waals surface area (Å²) in [6.45, 7) is 1.81. The first-order valence-corrected chi connectivity index (χ1v) is 6.22. The molecule has 0 bridgehead atoms. The van der Waals surface area contributed by atoms with Gasteiger partial charge in [0.15, 0.2) is 0 Å². The van der Waals surface area contributed by atoms with Crippen molar-refractivity contribution >= 4 is 15.9 Å². The first kappa shape index (κ1) is 13.4. The molecule has 2 aromatic rings. The molecule has 0 N–H and O–H groups in total. The van der Waals surface area contributed by atoms with Crippen molar-refractivity contribution in [2.24, 2.45) is 0 Å². The molecule has 0 fully saturated rings. The molecule has 0 amide bonds. The summed E-state index contributed by atoms with van der Waals surface area (Å²) in [5.41, 5.74) is 1.11. The Morgan fingerprint density at radius 3 is 2.95 bits per heavy atom. The van der Waals surface area contributed by atoms with E-state index in [1.807, 2.05) is 6.07 Å². The highest BCUT2D eigenvalue weighted by Crippen LogP contribution is 2.12. The summed E-state index contributed by atoms with van der Waals surface area (Å²) in [7, 11) is 0. The van der Waals surface area contributed by atoms with E-state index in [4.69, 9.17) is 5.26 Å². The normalized spacial score (nSPS) is 10.2. The zero-order valence-corrected chi connectivity index (χ0v) is 11.6. The first-order valence-electron chi connectivity index (χ1n) is 5.43. The maximum absolute atomic E-state index is 13.2. The lowest BCUT2D eigenvalue weighted by molar-refractivity contribution is 0.621. The van der Waals surface area contributed by atoms with Gasteiger partial charge in [-0.3, -0.25) is 9.36 Å². The number of nitriles is 1. The Hall–Kier alpha value is -2.00. The van der Waals surface area contributed by atoms with Crippen LogP contribution in [0.1, 0.15) is 16.8 Å². The number of nitrogens with zero attached hydrogens (tertiary/aromatic N) is 3. The van der Waals surface area contributed by atoms with Gasteiger partial charge >= 0.3 is 0 Å². The fourth-order valence-corrected chi connectivity index (χ4v) is 1.97. The third-order valence-corrected chi connectivity index (χ3v) is 3.60. The summed E-state index contributed by atoms with van der Waals surface area (Å²) in [6.07, 6.45) is 1.38. The minimum atomic E-state index is -0.443.